The van der Waals surface area contributed by atoms with E-state index in [1.807, 2.05) is 0 Å². The minimum Gasteiger partial charge on any atom is -0.225 e. The summed E-state index contributed by atoms with van der Waals surface area (Å²) in [6.07, 6.45) is 1.09. The van der Waals surface area contributed by atoms with Crippen LogP contribution in [0.5, 0.6) is 0 Å². The van der Waals surface area contributed by atoms with Gasteiger partial charge in [0.15, 0.2) is 0 Å². The number of rotatable bonds is 7. The molecule has 130 valence electrons. The molecule has 2 aromatic carbocycles. The molecule has 0 aliphatic heterocycles. The van der Waals surface area contributed by atoms with E-state index in [-0.39, 0.29) is 16.3 Å². The van der Waals surface area contributed by atoms with Crippen LogP contribution in [-0.2, 0) is 26.5 Å². The van der Waals surface area contributed by atoms with Gasteiger partial charge in [-0.3, -0.25) is 0 Å². The second-order valence-corrected chi connectivity index (χ2v) is 8.47. The van der Waals surface area contributed by atoms with Crippen LogP contribution in [0.15, 0.2) is 58.3 Å². The van der Waals surface area contributed by atoms with Crippen LogP contribution < -0.4 is 9.86 Å². The number of halogens is 1. The summed E-state index contributed by atoms with van der Waals surface area (Å²) in [7, 11) is -7.39. The lowest BCUT2D eigenvalue weighted by atomic mass is 10.1. The van der Waals surface area contributed by atoms with Crippen molar-refractivity contribution in [2.24, 2.45) is 5.14 Å². The molecule has 24 heavy (non-hydrogen) atoms. The van der Waals surface area contributed by atoms with Crippen molar-refractivity contribution in [3.63, 3.8) is 0 Å². The Morgan fingerprint density at radius 3 is 1.96 bits per heavy atom. The van der Waals surface area contributed by atoms with Crippen LogP contribution in [0.4, 0.5) is 4.39 Å². The summed E-state index contributed by atoms with van der Waals surface area (Å²) in [5, 5.41) is 5.01. The van der Waals surface area contributed by atoms with Crippen LogP contribution in [0.2, 0.25) is 0 Å². The van der Waals surface area contributed by atoms with Gasteiger partial charge in [0.2, 0.25) is 20.0 Å². The van der Waals surface area contributed by atoms with E-state index in [1.165, 1.54) is 24.3 Å². The molecule has 0 fully saturated rings. The molecule has 0 atom stereocenters. The predicted molar refractivity (Wildman–Crippen MR) is 87.7 cm³/mol. The van der Waals surface area contributed by atoms with Crippen LogP contribution in [0.1, 0.15) is 12.0 Å². The second-order valence-electron chi connectivity index (χ2n) is 5.14. The average molecular weight is 372 g/mol. The van der Waals surface area contributed by atoms with Crippen LogP contribution in [0.3, 0.4) is 0 Å². The smallest absolute Gasteiger partial charge is 0.225 e. The Hall–Kier alpha value is -1.81. The molecule has 2 aromatic rings. The fourth-order valence-electron chi connectivity index (χ4n) is 2.04. The highest BCUT2D eigenvalue weighted by Crippen LogP contribution is 2.11. The number of aryl methyl sites for hydroxylation is 1. The zero-order chi connectivity index (χ0) is 17.8. The zero-order valence-electron chi connectivity index (χ0n) is 12.6. The monoisotopic (exact) mass is 372 g/mol. The van der Waals surface area contributed by atoms with Gasteiger partial charge >= 0.3 is 0 Å². The highest BCUT2D eigenvalue weighted by Gasteiger charge is 2.13. The fraction of sp³-hybridized carbons (Fsp3) is 0.200. The molecule has 0 heterocycles. The standard InChI is InChI=1S/C15H17FN2O4S2/c16-13-5-9-15(10-6-13)24(21,22)18-11-1-2-12-3-7-14(8-4-12)23(17,19)20/h3-10,18H,1-2,11H2,(H2,17,19,20). The normalized spacial score (nSPS) is 12.2. The maximum Gasteiger partial charge on any atom is 0.240 e. The molecule has 0 saturated heterocycles. The van der Waals surface area contributed by atoms with E-state index in [2.05, 4.69) is 4.72 Å². The number of hydrogen-bond donors (Lipinski definition) is 2. The molecule has 0 bridgehead atoms. The van der Waals surface area contributed by atoms with E-state index in [9.17, 15) is 21.2 Å². The number of nitrogens with two attached hydrogens (primary N) is 1. The summed E-state index contributed by atoms with van der Waals surface area (Å²) < 4.78 is 61.5. The van der Waals surface area contributed by atoms with Crippen molar-refractivity contribution in [2.45, 2.75) is 22.6 Å². The molecule has 0 aromatic heterocycles. The van der Waals surface area contributed by atoms with Gasteiger partial charge in [-0.25, -0.2) is 31.1 Å². The quantitative estimate of drug-likeness (QED) is 0.716. The van der Waals surface area contributed by atoms with Crippen LogP contribution in [-0.4, -0.2) is 23.4 Å². The van der Waals surface area contributed by atoms with Gasteiger partial charge in [-0.1, -0.05) is 12.1 Å². The predicted octanol–water partition coefficient (Wildman–Crippen LogP) is 1.38. The van der Waals surface area contributed by atoms with Gasteiger partial charge in [-0.15, -0.1) is 0 Å². The van der Waals surface area contributed by atoms with E-state index in [0.717, 1.165) is 17.7 Å². The van der Waals surface area contributed by atoms with Gasteiger partial charge < -0.3 is 0 Å². The van der Waals surface area contributed by atoms with Gasteiger partial charge in [0, 0.05) is 6.54 Å². The van der Waals surface area contributed by atoms with E-state index in [1.54, 1.807) is 12.1 Å². The molecular formula is C15H17FN2O4S2. The first-order valence-corrected chi connectivity index (χ1v) is 10.1. The van der Waals surface area contributed by atoms with Gasteiger partial charge in [-0.2, -0.15) is 0 Å². The summed E-state index contributed by atoms with van der Waals surface area (Å²) in [4.78, 5) is 0.0321. The SMILES string of the molecule is NS(=O)(=O)c1ccc(CCCNS(=O)(=O)c2ccc(F)cc2)cc1. The third-order valence-corrected chi connectivity index (χ3v) is 5.72. The maximum atomic E-state index is 12.8. The second kappa shape index (κ2) is 7.39. The van der Waals surface area contributed by atoms with Crippen molar-refractivity contribution in [3.05, 3.63) is 59.9 Å². The Morgan fingerprint density at radius 2 is 1.42 bits per heavy atom. The molecule has 2 rings (SSSR count). The number of nitrogens with one attached hydrogen (secondary N) is 1. The van der Waals surface area contributed by atoms with Crippen molar-refractivity contribution >= 4 is 20.0 Å². The van der Waals surface area contributed by atoms with Gasteiger partial charge in [0.1, 0.15) is 5.82 Å². The summed E-state index contributed by atoms with van der Waals surface area (Å²) in [6.45, 7) is 0.205. The fourth-order valence-corrected chi connectivity index (χ4v) is 3.63. The van der Waals surface area contributed by atoms with Crippen LogP contribution >= 0.6 is 0 Å². The highest BCUT2D eigenvalue weighted by atomic mass is 32.2. The Kier molecular flexibility index (Phi) is 5.70. The minimum atomic E-state index is -3.72. The van der Waals surface area contributed by atoms with Crippen molar-refractivity contribution in [1.29, 1.82) is 0 Å². The summed E-state index contributed by atoms with van der Waals surface area (Å²) >= 11 is 0. The highest BCUT2D eigenvalue weighted by molar-refractivity contribution is 7.89. The lowest BCUT2D eigenvalue weighted by molar-refractivity contribution is 0.578. The third kappa shape index (κ3) is 5.10. The van der Waals surface area contributed by atoms with E-state index >= 15 is 0 Å². The van der Waals surface area contributed by atoms with Crippen molar-refractivity contribution in [3.8, 4) is 0 Å². The molecule has 0 aliphatic carbocycles. The lowest BCUT2D eigenvalue weighted by Crippen LogP contribution is -2.25. The van der Waals surface area contributed by atoms with Gasteiger partial charge in [0.05, 0.1) is 9.79 Å². The average Bonchev–Trinajstić information content (AvgIpc) is 2.52. The third-order valence-electron chi connectivity index (χ3n) is 3.31. The Bertz CT molecular complexity index is 893. The van der Waals surface area contributed by atoms with E-state index < -0.39 is 25.9 Å². The molecule has 9 heteroatoms. The van der Waals surface area contributed by atoms with Crippen LogP contribution in [0, 0.1) is 5.82 Å². The van der Waals surface area contributed by atoms with E-state index in [0.29, 0.717) is 12.8 Å². The summed E-state index contributed by atoms with van der Waals surface area (Å²) in [5.41, 5.74) is 0.864. The van der Waals surface area contributed by atoms with Crippen LogP contribution in [0.25, 0.3) is 0 Å². The molecule has 0 aliphatic rings. The number of hydrogen-bond acceptors (Lipinski definition) is 4. The number of benzene rings is 2. The van der Waals surface area contributed by atoms with Crippen molar-refractivity contribution < 1.29 is 21.2 Å². The molecule has 0 spiro atoms. The Labute approximate surface area is 140 Å². The summed E-state index contributed by atoms with van der Waals surface area (Å²) in [6, 6.07) is 10.7. The number of primary sulfonamides is 1. The topological polar surface area (TPSA) is 106 Å². The molecule has 3 N–H and O–H groups in total. The minimum absolute atomic E-state index is 0.00130. The first-order chi connectivity index (χ1) is 11.2. The summed E-state index contributed by atoms with van der Waals surface area (Å²) in [5.74, 6) is -0.503. The molecule has 0 radical (unpaired) electrons. The lowest BCUT2D eigenvalue weighted by Gasteiger charge is -2.07. The Morgan fingerprint density at radius 1 is 0.875 bits per heavy atom. The number of sulfonamides is 2. The first-order valence-electron chi connectivity index (χ1n) is 7.05. The van der Waals surface area contributed by atoms with Crippen molar-refractivity contribution in [1.82, 2.24) is 4.72 Å². The molecule has 0 amide bonds. The largest absolute Gasteiger partial charge is 0.240 e. The molecule has 0 saturated carbocycles. The Balaban J connectivity index is 1.87. The van der Waals surface area contributed by atoms with Crippen molar-refractivity contribution in [2.75, 3.05) is 6.54 Å². The van der Waals surface area contributed by atoms with Gasteiger partial charge in [0.25, 0.3) is 0 Å². The van der Waals surface area contributed by atoms with Gasteiger partial charge in [-0.05, 0) is 54.8 Å². The molecular weight excluding hydrogens is 355 g/mol. The zero-order valence-corrected chi connectivity index (χ0v) is 14.3. The first kappa shape index (κ1) is 18.5. The molecule has 6 nitrogen and oxygen atoms in total. The van der Waals surface area contributed by atoms with E-state index in [4.69, 9.17) is 5.14 Å². The maximum absolute atomic E-state index is 12.8. The molecule has 0 unspecified atom stereocenters.